The van der Waals surface area contributed by atoms with E-state index in [0.29, 0.717) is 18.1 Å². The molecule has 0 aliphatic rings. The largest absolute Gasteiger partial charge is 0.326 e. The molecule has 0 saturated heterocycles. The van der Waals surface area contributed by atoms with Gasteiger partial charge in [-0.15, -0.1) is 0 Å². The van der Waals surface area contributed by atoms with Crippen LogP contribution in [0, 0.1) is 0 Å². The van der Waals surface area contributed by atoms with Gasteiger partial charge in [0.1, 0.15) is 0 Å². The minimum Gasteiger partial charge on any atom is -0.326 e. The van der Waals surface area contributed by atoms with E-state index in [2.05, 4.69) is 5.10 Å². The van der Waals surface area contributed by atoms with Gasteiger partial charge < -0.3 is 5.73 Å². The fraction of sp³-hybridized carbons (Fsp3) is 0.167. The molecule has 1 aromatic heterocycles. The number of halogens is 1. The highest BCUT2D eigenvalue weighted by Gasteiger charge is 2.04. The van der Waals surface area contributed by atoms with E-state index in [1.165, 1.54) is 10.7 Å². The molecule has 0 amide bonds. The molecule has 0 spiro atoms. The molecule has 88 valence electrons. The zero-order valence-corrected chi connectivity index (χ0v) is 9.89. The van der Waals surface area contributed by atoms with Crippen LogP contribution in [-0.2, 0) is 13.1 Å². The lowest BCUT2D eigenvalue weighted by Gasteiger charge is -2.07. The van der Waals surface area contributed by atoms with Crippen LogP contribution >= 0.6 is 11.6 Å². The molecule has 2 rings (SSSR count). The molecule has 2 N–H and O–H groups in total. The van der Waals surface area contributed by atoms with Crippen molar-refractivity contribution >= 4 is 11.6 Å². The number of aromatic nitrogens is 2. The van der Waals surface area contributed by atoms with Crippen molar-refractivity contribution in [3.8, 4) is 0 Å². The van der Waals surface area contributed by atoms with Crippen molar-refractivity contribution in [2.45, 2.75) is 13.1 Å². The standard InChI is InChI=1S/C12H12ClN3O/c13-11-6-9(7-14)3-4-10(11)8-16-12(17)2-1-5-15-16/h1-6H,7-8,14H2. The number of benzene rings is 1. The summed E-state index contributed by atoms with van der Waals surface area (Å²) >= 11 is 6.11. The van der Waals surface area contributed by atoms with Crippen molar-refractivity contribution in [3.63, 3.8) is 0 Å². The first-order chi connectivity index (χ1) is 8.20. The van der Waals surface area contributed by atoms with Gasteiger partial charge in [0.25, 0.3) is 5.56 Å². The zero-order valence-electron chi connectivity index (χ0n) is 9.14. The molecule has 0 bridgehead atoms. The topological polar surface area (TPSA) is 60.9 Å². The second kappa shape index (κ2) is 5.12. The molecule has 2 aromatic rings. The molecular formula is C12H12ClN3O. The summed E-state index contributed by atoms with van der Waals surface area (Å²) in [4.78, 5) is 11.5. The average Bonchev–Trinajstić information content (AvgIpc) is 2.34. The summed E-state index contributed by atoms with van der Waals surface area (Å²) in [5.74, 6) is 0. The molecule has 0 fully saturated rings. The van der Waals surface area contributed by atoms with Gasteiger partial charge in [-0.05, 0) is 23.3 Å². The first-order valence-corrected chi connectivity index (χ1v) is 5.58. The predicted molar refractivity (Wildman–Crippen MR) is 66.9 cm³/mol. The number of rotatable bonds is 3. The summed E-state index contributed by atoms with van der Waals surface area (Å²) in [7, 11) is 0. The Morgan fingerprint density at radius 2 is 2.18 bits per heavy atom. The smallest absolute Gasteiger partial charge is 0.267 e. The lowest BCUT2D eigenvalue weighted by Crippen LogP contribution is -2.21. The minimum atomic E-state index is -0.147. The van der Waals surface area contributed by atoms with E-state index in [4.69, 9.17) is 17.3 Å². The van der Waals surface area contributed by atoms with E-state index >= 15 is 0 Å². The Kier molecular flexibility index (Phi) is 3.56. The SMILES string of the molecule is NCc1ccc(Cn2ncccc2=O)c(Cl)c1. The van der Waals surface area contributed by atoms with Crippen molar-refractivity contribution < 1.29 is 0 Å². The normalized spacial score (nSPS) is 10.5. The Hall–Kier alpha value is -1.65. The Labute approximate surface area is 104 Å². The molecule has 17 heavy (non-hydrogen) atoms. The predicted octanol–water partition coefficient (Wildman–Crippen LogP) is 1.40. The van der Waals surface area contributed by atoms with Gasteiger partial charge in [0, 0.05) is 23.8 Å². The highest BCUT2D eigenvalue weighted by atomic mass is 35.5. The fourth-order valence-corrected chi connectivity index (χ4v) is 1.78. The Bertz CT molecular complexity index is 580. The third-order valence-corrected chi connectivity index (χ3v) is 2.81. The molecular weight excluding hydrogens is 238 g/mol. The number of hydrogen-bond acceptors (Lipinski definition) is 3. The zero-order chi connectivity index (χ0) is 12.3. The van der Waals surface area contributed by atoms with Gasteiger partial charge in [0.05, 0.1) is 6.54 Å². The summed E-state index contributed by atoms with van der Waals surface area (Å²) < 4.78 is 1.36. The van der Waals surface area contributed by atoms with E-state index in [0.717, 1.165) is 11.1 Å². The second-order valence-corrected chi connectivity index (χ2v) is 4.06. The van der Waals surface area contributed by atoms with Gasteiger partial charge in [0.15, 0.2) is 0 Å². The van der Waals surface area contributed by atoms with Crippen LogP contribution in [0.4, 0.5) is 0 Å². The van der Waals surface area contributed by atoms with Gasteiger partial charge in [-0.25, -0.2) is 4.68 Å². The molecule has 0 radical (unpaired) electrons. The van der Waals surface area contributed by atoms with Crippen LogP contribution in [0.3, 0.4) is 0 Å². The van der Waals surface area contributed by atoms with Gasteiger partial charge in [-0.1, -0.05) is 23.7 Å². The van der Waals surface area contributed by atoms with Gasteiger partial charge in [-0.2, -0.15) is 5.10 Å². The van der Waals surface area contributed by atoms with Gasteiger partial charge in [0.2, 0.25) is 0 Å². The van der Waals surface area contributed by atoms with E-state index in [-0.39, 0.29) is 5.56 Å². The molecule has 4 nitrogen and oxygen atoms in total. The van der Waals surface area contributed by atoms with E-state index in [9.17, 15) is 4.79 Å². The third-order valence-electron chi connectivity index (χ3n) is 2.46. The van der Waals surface area contributed by atoms with Crippen molar-refractivity contribution in [3.05, 3.63) is 63.0 Å². The summed E-state index contributed by atoms with van der Waals surface area (Å²) in [5, 5.41) is 4.58. The highest BCUT2D eigenvalue weighted by molar-refractivity contribution is 6.31. The second-order valence-electron chi connectivity index (χ2n) is 3.65. The number of nitrogens with two attached hydrogens (primary N) is 1. The Balaban J connectivity index is 2.31. The van der Waals surface area contributed by atoms with Crippen LogP contribution in [0.1, 0.15) is 11.1 Å². The average molecular weight is 250 g/mol. The van der Waals surface area contributed by atoms with Crippen LogP contribution < -0.4 is 11.3 Å². The summed E-state index contributed by atoms with van der Waals surface area (Å²) in [6.45, 7) is 0.812. The van der Waals surface area contributed by atoms with Crippen molar-refractivity contribution in [2.75, 3.05) is 0 Å². The maximum absolute atomic E-state index is 11.5. The molecule has 0 unspecified atom stereocenters. The first kappa shape index (κ1) is 11.8. The Morgan fingerprint density at radius 1 is 1.35 bits per heavy atom. The van der Waals surface area contributed by atoms with Crippen molar-refractivity contribution in [2.24, 2.45) is 5.73 Å². The van der Waals surface area contributed by atoms with Gasteiger partial charge in [-0.3, -0.25) is 4.79 Å². The molecule has 0 aliphatic heterocycles. The summed E-state index contributed by atoms with van der Waals surface area (Å²) in [6.07, 6.45) is 1.57. The summed E-state index contributed by atoms with van der Waals surface area (Å²) in [5.41, 5.74) is 7.19. The van der Waals surface area contributed by atoms with E-state index < -0.39 is 0 Å². The minimum absolute atomic E-state index is 0.147. The van der Waals surface area contributed by atoms with Crippen LogP contribution in [0.25, 0.3) is 0 Å². The molecule has 0 saturated carbocycles. The monoisotopic (exact) mass is 249 g/mol. The lowest BCUT2D eigenvalue weighted by molar-refractivity contribution is 0.639. The van der Waals surface area contributed by atoms with E-state index in [1.807, 2.05) is 18.2 Å². The first-order valence-electron chi connectivity index (χ1n) is 5.20. The van der Waals surface area contributed by atoms with Crippen LogP contribution in [0.2, 0.25) is 5.02 Å². The highest BCUT2D eigenvalue weighted by Crippen LogP contribution is 2.18. The molecule has 5 heteroatoms. The summed E-state index contributed by atoms with van der Waals surface area (Å²) in [6, 6.07) is 8.65. The maximum atomic E-state index is 11.5. The van der Waals surface area contributed by atoms with Crippen LogP contribution in [0.5, 0.6) is 0 Å². The number of nitrogens with zero attached hydrogens (tertiary/aromatic N) is 2. The van der Waals surface area contributed by atoms with Crippen LogP contribution in [0.15, 0.2) is 41.3 Å². The quantitative estimate of drug-likeness (QED) is 0.895. The number of hydrogen-bond donors (Lipinski definition) is 1. The molecule has 1 aromatic carbocycles. The Morgan fingerprint density at radius 3 is 2.82 bits per heavy atom. The van der Waals surface area contributed by atoms with E-state index in [1.54, 1.807) is 12.3 Å². The molecule has 1 heterocycles. The van der Waals surface area contributed by atoms with Crippen molar-refractivity contribution in [1.82, 2.24) is 9.78 Å². The van der Waals surface area contributed by atoms with Gasteiger partial charge >= 0.3 is 0 Å². The molecule has 0 atom stereocenters. The lowest BCUT2D eigenvalue weighted by atomic mass is 10.1. The van der Waals surface area contributed by atoms with Crippen molar-refractivity contribution in [1.29, 1.82) is 0 Å². The third kappa shape index (κ3) is 2.72. The van der Waals surface area contributed by atoms with Crippen LogP contribution in [-0.4, -0.2) is 9.78 Å². The maximum Gasteiger partial charge on any atom is 0.267 e. The molecule has 0 aliphatic carbocycles. The fourth-order valence-electron chi connectivity index (χ4n) is 1.51.